The van der Waals surface area contributed by atoms with Crippen molar-refractivity contribution >= 4 is 16.9 Å². The van der Waals surface area contributed by atoms with E-state index in [-0.39, 0.29) is 11.4 Å². The summed E-state index contributed by atoms with van der Waals surface area (Å²) in [6.07, 6.45) is 6.20. The number of aryl methyl sites for hydroxylation is 2. The van der Waals surface area contributed by atoms with Gasteiger partial charge in [-0.2, -0.15) is 0 Å². The molecular weight excluding hydrogens is 392 g/mol. The lowest BCUT2D eigenvalue weighted by Crippen LogP contribution is -2.34. The molecule has 31 heavy (non-hydrogen) atoms. The number of hydrogen-bond donors (Lipinski definition) is 1. The van der Waals surface area contributed by atoms with Crippen molar-refractivity contribution in [2.75, 3.05) is 7.11 Å². The van der Waals surface area contributed by atoms with Crippen LogP contribution in [0.3, 0.4) is 0 Å². The maximum absolute atomic E-state index is 12.1. The quantitative estimate of drug-likeness (QED) is 0.685. The van der Waals surface area contributed by atoms with Crippen LogP contribution in [0.25, 0.3) is 22.2 Å². The predicted molar refractivity (Wildman–Crippen MR) is 116 cm³/mol. The van der Waals surface area contributed by atoms with Crippen LogP contribution in [-0.4, -0.2) is 33.8 Å². The Balaban J connectivity index is 1.48. The van der Waals surface area contributed by atoms with Crippen molar-refractivity contribution in [1.29, 1.82) is 0 Å². The zero-order chi connectivity index (χ0) is 21.3. The van der Waals surface area contributed by atoms with Crippen molar-refractivity contribution in [3.8, 4) is 11.1 Å². The van der Waals surface area contributed by atoms with Crippen LogP contribution < -0.4 is 5.32 Å². The third-order valence-corrected chi connectivity index (χ3v) is 7.65. The number of imidazole rings is 1. The number of carbonyl (C=O) groups is 1. The van der Waals surface area contributed by atoms with E-state index in [2.05, 4.69) is 33.2 Å². The molecule has 1 N–H and O–H groups in total. The largest absolute Gasteiger partial charge is 0.381 e. The summed E-state index contributed by atoms with van der Waals surface area (Å²) in [5.74, 6) is 2.37. The monoisotopic (exact) mass is 420 g/mol. The average molecular weight is 421 g/mol. The van der Waals surface area contributed by atoms with Crippen LogP contribution in [0.1, 0.15) is 61.8 Å². The third kappa shape index (κ3) is 2.79. The summed E-state index contributed by atoms with van der Waals surface area (Å²) in [6, 6.07) is 6.85. The average Bonchev–Trinajstić information content (AvgIpc) is 3.04. The number of piperidine rings is 1. The Morgan fingerprint density at radius 2 is 2.03 bits per heavy atom. The number of nitrogens with zero attached hydrogens (tertiary/aromatic N) is 3. The topological polar surface area (TPSA) is 82.2 Å². The van der Waals surface area contributed by atoms with E-state index in [1.165, 1.54) is 0 Å². The van der Waals surface area contributed by atoms with Gasteiger partial charge in [0.2, 0.25) is 5.91 Å². The van der Waals surface area contributed by atoms with Crippen LogP contribution in [0.4, 0.5) is 0 Å². The second-order valence-corrected chi connectivity index (χ2v) is 9.50. The van der Waals surface area contributed by atoms with Gasteiger partial charge in [0.15, 0.2) is 0 Å². The third-order valence-electron chi connectivity index (χ3n) is 7.65. The summed E-state index contributed by atoms with van der Waals surface area (Å²) in [6.45, 7) is 3.91. The van der Waals surface area contributed by atoms with Crippen molar-refractivity contribution in [1.82, 2.24) is 20.0 Å². The summed E-state index contributed by atoms with van der Waals surface area (Å²) in [5, 5.41) is 7.38. The van der Waals surface area contributed by atoms with Crippen molar-refractivity contribution in [3.05, 3.63) is 35.5 Å². The lowest BCUT2D eigenvalue weighted by molar-refractivity contribution is -0.120. The molecule has 1 saturated heterocycles. The first-order chi connectivity index (χ1) is 15.0. The lowest BCUT2D eigenvalue weighted by atomic mass is 9.92. The number of nitrogens with one attached hydrogen (secondary N) is 1. The predicted octanol–water partition coefficient (Wildman–Crippen LogP) is 4.17. The molecule has 2 atom stereocenters. The van der Waals surface area contributed by atoms with Gasteiger partial charge in [0.25, 0.3) is 0 Å². The van der Waals surface area contributed by atoms with E-state index in [0.717, 1.165) is 71.5 Å². The fraction of sp³-hybridized carbons (Fsp3) is 0.542. The molecule has 0 bridgehead atoms. The number of fused-ring (bicyclic) bond motifs is 2. The van der Waals surface area contributed by atoms with Crippen molar-refractivity contribution < 1.29 is 14.1 Å². The Morgan fingerprint density at radius 3 is 2.68 bits per heavy atom. The van der Waals surface area contributed by atoms with E-state index in [4.69, 9.17) is 14.2 Å². The van der Waals surface area contributed by atoms with Gasteiger partial charge >= 0.3 is 0 Å². The molecule has 0 unspecified atom stereocenters. The molecule has 2 saturated carbocycles. The molecular formula is C24H28N4O3. The first kappa shape index (κ1) is 19.0. The van der Waals surface area contributed by atoms with Crippen LogP contribution in [-0.2, 0) is 15.1 Å². The minimum Gasteiger partial charge on any atom is -0.381 e. The SMILES string of the molecule is CO[C@H]1CC[C@H](n2c([C@]34C[C@H]3CC(=O)N4)nc3cc(-c4c(C)noc4C)ccc32)CC1. The van der Waals surface area contributed by atoms with E-state index in [1.807, 2.05) is 13.8 Å². The van der Waals surface area contributed by atoms with E-state index < -0.39 is 0 Å². The molecule has 7 nitrogen and oxygen atoms in total. The molecule has 3 aliphatic rings. The molecule has 162 valence electrons. The number of methoxy groups -OCH3 is 1. The van der Waals surface area contributed by atoms with Crippen LogP contribution in [0.15, 0.2) is 22.7 Å². The Hall–Kier alpha value is -2.67. The van der Waals surface area contributed by atoms with E-state index in [0.29, 0.717) is 24.5 Å². The van der Waals surface area contributed by atoms with E-state index in [9.17, 15) is 4.79 Å². The molecule has 7 heteroatoms. The highest BCUT2D eigenvalue weighted by molar-refractivity contribution is 5.86. The zero-order valence-electron chi connectivity index (χ0n) is 18.3. The van der Waals surface area contributed by atoms with Gasteiger partial charge in [-0.15, -0.1) is 0 Å². The highest BCUT2D eigenvalue weighted by atomic mass is 16.5. The fourth-order valence-electron chi connectivity index (χ4n) is 5.96. The van der Waals surface area contributed by atoms with Gasteiger partial charge in [0.05, 0.1) is 22.8 Å². The van der Waals surface area contributed by atoms with Gasteiger partial charge in [0.1, 0.15) is 17.1 Å². The highest BCUT2D eigenvalue weighted by Crippen LogP contribution is 2.58. The molecule has 2 aromatic heterocycles. The molecule has 6 rings (SSSR count). The summed E-state index contributed by atoms with van der Waals surface area (Å²) in [4.78, 5) is 17.3. The maximum Gasteiger partial charge on any atom is 0.221 e. The number of benzene rings is 1. The molecule has 3 aromatic rings. The Morgan fingerprint density at radius 1 is 1.23 bits per heavy atom. The Labute approximate surface area is 181 Å². The van der Waals surface area contributed by atoms with E-state index >= 15 is 0 Å². The van der Waals surface area contributed by atoms with Crippen molar-refractivity contribution in [2.45, 2.75) is 70.1 Å². The maximum atomic E-state index is 12.1. The number of rotatable bonds is 4. The van der Waals surface area contributed by atoms with Gasteiger partial charge in [-0.3, -0.25) is 4.79 Å². The van der Waals surface area contributed by atoms with Crippen molar-refractivity contribution in [3.63, 3.8) is 0 Å². The standard InChI is InChI=1S/C24H28N4O3/c1-13-22(14(2)31-27-13)15-4-9-20-19(10-15)25-23(24-12-16(24)11-21(29)26-24)28(20)17-5-7-18(30-3)8-6-17/h4,9-10,16-18H,5-8,11-12H2,1-3H3,(H,26,29)/t16-,17-,18-,24+/m1/s1. The molecule has 2 aliphatic carbocycles. The summed E-state index contributed by atoms with van der Waals surface area (Å²) in [7, 11) is 1.81. The van der Waals surface area contributed by atoms with Crippen molar-refractivity contribution in [2.24, 2.45) is 5.92 Å². The van der Waals surface area contributed by atoms with E-state index in [1.54, 1.807) is 7.11 Å². The Kier molecular flexibility index (Phi) is 4.09. The normalized spacial score (nSPS) is 29.9. The van der Waals surface area contributed by atoms with Crippen LogP contribution in [0, 0.1) is 19.8 Å². The molecule has 0 radical (unpaired) electrons. The fourth-order valence-corrected chi connectivity index (χ4v) is 5.96. The van der Waals surface area contributed by atoms with Gasteiger partial charge in [-0.1, -0.05) is 11.2 Å². The van der Waals surface area contributed by atoms with Crippen LogP contribution in [0.5, 0.6) is 0 Å². The number of carbonyl (C=O) groups excluding carboxylic acids is 1. The number of hydrogen-bond acceptors (Lipinski definition) is 5. The first-order valence-corrected chi connectivity index (χ1v) is 11.3. The van der Waals surface area contributed by atoms with Crippen LogP contribution >= 0.6 is 0 Å². The minimum absolute atomic E-state index is 0.148. The minimum atomic E-state index is -0.280. The second-order valence-electron chi connectivity index (χ2n) is 9.50. The molecule has 3 heterocycles. The molecule has 1 amide bonds. The highest BCUT2D eigenvalue weighted by Gasteiger charge is 2.64. The number of amides is 1. The zero-order valence-corrected chi connectivity index (χ0v) is 18.3. The van der Waals surface area contributed by atoms with Gasteiger partial charge < -0.3 is 19.1 Å². The Bertz CT molecular complexity index is 1170. The summed E-state index contributed by atoms with van der Waals surface area (Å²) < 4.78 is 13.4. The summed E-state index contributed by atoms with van der Waals surface area (Å²) >= 11 is 0. The summed E-state index contributed by atoms with van der Waals surface area (Å²) in [5.41, 5.74) is 4.84. The van der Waals surface area contributed by atoms with Gasteiger partial charge in [0, 0.05) is 31.1 Å². The number of aromatic nitrogens is 3. The number of ether oxygens (including phenoxy) is 1. The molecule has 1 aromatic carbocycles. The van der Waals surface area contributed by atoms with Gasteiger partial charge in [-0.25, -0.2) is 4.98 Å². The van der Waals surface area contributed by atoms with Crippen LogP contribution in [0.2, 0.25) is 0 Å². The molecule has 0 spiro atoms. The van der Waals surface area contributed by atoms with Gasteiger partial charge in [-0.05, 0) is 63.6 Å². The smallest absolute Gasteiger partial charge is 0.221 e. The molecule has 1 aliphatic heterocycles. The lowest BCUT2D eigenvalue weighted by Gasteiger charge is -2.31. The first-order valence-electron chi connectivity index (χ1n) is 11.3. The molecule has 3 fully saturated rings. The second kappa shape index (κ2) is 6.66.